The molecule has 1 spiro atoms. The number of likely N-dealkylation sites (tertiary alicyclic amines) is 1. The molecule has 2 fully saturated rings. The Bertz CT molecular complexity index is 1250. The quantitative estimate of drug-likeness (QED) is 0.399. The predicted octanol–water partition coefficient (Wildman–Crippen LogP) is 4.66. The van der Waals surface area contributed by atoms with E-state index in [1.807, 2.05) is 61.5 Å². The first-order chi connectivity index (χ1) is 18.8. The molecule has 0 aliphatic carbocycles. The van der Waals surface area contributed by atoms with Crippen LogP contribution in [0, 0.1) is 0 Å². The van der Waals surface area contributed by atoms with Crippen LogP contribution >= 0.6 is 0 Å². The third kappa shape index (κ3) is 5.82. The van der Waals surface area contributed by atoms with Gasteiger partial charge < -0.3 is 23.7 Å². The molecule has 0 unspecified atom stereocenters. The molecule has 1 aromatic heterocycles. The van der Waals surface area contributed by atoms with Crippen LogP contribution in [0.5, 0.6) is 11.5 Å². The number of methoxy groups -OCH3 is 1. The van der Waals surface area contributed by atoms with Crippen molar-refractivity contribution in [2.24, 2.45) is 0 Å². The number of benzene rings is 2. The maximum Gasteiger partial charge on any atom is 0.257 e. The van der Waals surface area contributed by atoms with E-state index in [9.17, 15) is 4.79 Å². The number of carbonyl (C=O) groups is 1. The second-order valence-electron chi connectivity index (χ2n) is 11.2. The summed E-state index contributed by atoms with van der Waals surface area (Å²) in [7, 11) is 1.66. The highest BCUT2D eigenvalue weighted by atomic mass is 16.5. The van der Waals surface area contributed by atoms with Crippen LogP contribution in [0.4, 0.5) is 0 Å². The van der Waals surface area contributed by atoms with Crippen LogP contribution in [0.1, 0.15) is 56.5 Å². The zero-order chi connectivity index (χ0) is 27.6. The Morgan fingerprint density at radius 1 is 1.00 bits per heavy atom. The summed E-state index contributed by atoms with van der Waals surface area (Å²) >= 11 is 0. The number of hydrogen-bond acceptors (Lipinski definition) is 6. The molecule has 3 heterocycles. The van der Waals surface area contributed by atoms with Gasteiger partial charge in [-0.2, -0.15) is 0 Å². The summed E-state index contributed by atoms with van der Waals surface area (Å²) in [6.45, 7) is 11.9. The lowest BCUT2D eigenvalue weighted by molar-refractivity contribution is -0.173. The van der Waals surface area contributed by atoms with E-state index in [-0.39, 0.29) is 17.9 Å². The monoisotopic (exact) mass is 532 g/mol. The van der Waals surface area contributed by atoms with Crippen molar-refractivity contribution in [3.8, 4) is 11.5 Å². The Labute approximate surface area is 231 Å². The third-order valence-corrected chi connectivity index (χ3v) is 7.64. The average molecular weight is 533 g/mol. The second kappa shape index (κ2) is 11.4. The lowest BCUT2D eigenvalue weighted by Crippen LogP contribution is -2.60. The van der Waals surface area contributed by atoms with E-state index in [4.69, 9.17) is 19.2 Å². The molecule has 0 bridgehead atoms. The zero-order valence-electron chi connectivity index (χ0n) is 23.7. The van der Waals surface area contributed by atoms with Crippen molar-refractivity contribution < 1.29 is 19.0 Å². The Morgan fingerprint density at radius 3 is 2.28 bits per heavy atom. The van der Waals surface area contributed by atoms with E-state index in [0.717, 1.165) is 29.3 Å². The first-order valence-electron chi connectivity index (χ1n) is 13.8. The highest BCUT2D eigenvalue weighted by Gasteiger charge is 2.57. The number of imidazole rings is 1. The number of aromatic nitrogens is 2. The minimum Gasteiger partial charge on any atom is -0.497 e. The highest BCUT2D eigenvalue weighted by molar-refractivity contribution is 5.88. The number of rotatable bonds is 9. The van der Waals surface area contributed by atoms with Gasteiger partial charge in [-0.25, -0.2) is 4.98 Å². The first-order valence-corrected chi connectivity index (χ1v) is 13.8. The summed E-state index contributed by atoms with van der Waals surface area (Å²) < 4.78 is 19.7. The zero-order valence-corrected chi connectivity index (χ0v) is 23.7. The van der Waals surface area contributed by atoms with Gasteiger partial charge in [0.2, 0.25) is 0 Å². The predicted molar refractivity (Wildman–Crippen MR) is 150 cm³/mol. The maximum atomic E-state index is 14.2. The summed E-state index contributed by atoms with van der Waals surface area (Å²) in [5.74, 6) is 1.55. The number of ether oxygens (including phenoxy) is 3. The maximum absolute atomic E-state index is 14.2. The minimum absolute atomic E-state index is 0.0387. The van der Waals surface area contributed by atoms with Gasteiger partial charge in [0.1, 0.15) is 11.5 Å². The SMILES string of the molecule is COc1ccc(CN2CCO[C@]3(CN(Cc4ccc(OC(C)C)cc4)C[C@@H]3c3cn(C(C)C)cn3)C2=O)cc1. The second-order valence-corrected chi connectivity index (χ2v) is 11.2. The van der Waals surface area contributed by atoms with Crippen molar-refractivity contribution in [2.75, 3.05) is 33.4 Å². The summed E-state index contributed by atoms with van der Waals surface area (Å²) in [4.78, 5) is 23.3. The normalized spacial score (nSPS) is 21.9. The minimum atomic E-state index is -0.971. The molecule has 0 saturated carbocycles. The van der Waals surface area contributed by atoms with Crippen molar-refractivity contribution in [3.05, 3.63) is 77.9 Å². The standard InChI is InChI=1S/C31H40N4O4/c1-22(2)35-19-29(32-21-35)28-18-33(16-24-8-12-27(13-9-24)39-23(3)4)20-31(28)30(36)34(14-15-38-31)17-25-6-10-26(37-5)11-7-25/h6-13,19,21-23,28H,14-18,20H2,1-5H3/t28-,31+/m1/s1. The Balaban J connectivity index is 1.40. The van der Waals surface area contributed by atoms with E-state index in [0.29, 0.717) is 38.8 Å². The molecule has 8 heteroatoms. The van der Waals surface area contributed by atoms with Gasteiger partial charge in [-0.15, -0.1) is 0 Å². The fourth-order valence-electron chi connectivity index (χ4n) is 5.62. The number of morpholine rings is 1. The van der Waals surface area contributed by atoms with Crippen molar-refractivity contribution in [3.63, 3.8) is 0 Å². The van der Waals surface area contributed by atoms with Gasteiger partial charge in [-0.05, 0) is 63.1 Å². The Morgan fingerprint density at radius 2 is 1.67 bits per heavy atom. The van der Waals surface area contributed by atoms with E-state index in [1.165, 1.54) is 5.56 Å². The summed E-state index contributed by atoms with van der Waals surface area (Å²) in [5, 5.41) is 0. The number of nitrogens with zero attached hydrogens (tertiary/aromatic N) is 4. The van der Waals surface area contributed by atoms with E-state index in [2.05, 4.69) is 41.6 Å². The van der Waals surface area contributed by atoms with Crippen molar-refractivity contribution >= 4 is 5.91 Å². The van der Waals surface area contributed by atoms with E-state index >= 15 is 0 Å². The molecule has 3 aromatic rings. The molecule has 5 rings (SSSR count). The van der Waals surface area contributed by atoms with Crippen LogP contribution in [0.15, 0.2) is 61.1 Å². The first kappa shape index (κ1) is 27.2. The molecule has 2 aliphatic rings. The van der Waals surface area contributed by atoms with Crippen molar-refractivity contribution in [1.29, 1.82) is 0 Å². The van der Waals surface area contributed by atoms with Gasteiger partial charge in [-0.1, -0.05) is 24.3 Å². The van der Waals surface area contributed by atoms with Crippen LogP contribution in [-0.2, 0) is 22.6 Å². The Hall–Kier alpha value is -3.36. The smallest absolute Gasteiger partial charge is 0.257 e. The lowest BCUT2D eigenvalue weighted by atomic mass is 9.85. The topological polar surface area (TPSA) is 69.1 Å². The van der Waals surface area contributed by atoms with Crippen LogP contribution in [0.2, 0.25) is 0 Å². The van der Waals surface area contributed by atoms with E-state index < -0.39 is 5.60 Å². The molecule has 2 aliphatic heterocycles. The molecule has 208 valence electrons. The Kier molecular flexibility index (Phi) is 7.96. The average Bonchev–Trinajstić information content (AvgIpc) is 3.54. The van der Waals surface area contributed by atoms with Gasteiger partial charge in [0, 0.05) is 45.0 Å². The molecular formula is C31H40N4O4. The fourth-order valence-corrected chi connectivity index (χ4v) is 5.62. The molecule has 39 heavy (non-hydrogen) atoms. The fraction of sp³-hybridized carbons (Fsp3) is 0.484. The van der Waals surface area contributed by atoms with Gasteiger partial charge >= 0.3 is 0 Å². The summed E-state index contributed by atoms with van der Waals surface area (Å²) in [6, 6.07) is 16.4. The molecule has 2 aromatic carbocycles. The van der Waals surface area contributed by atoms with Crippen molar-refractivity contribution in [2.45, 2.75) is 64.4 Å². The van der Waals surface area contributed by atoms with Gasteiger partial charge in [0.25, 0.3) is 5.91 Å². The molecule has 2 saturated heterocycles. The highest BCUT2D eigenvalue weighted by Crippen LogP contribution is 2.42. The molecule has 2 atom stereocenters. The summed E-state index contributed by atoms with van der Waals surface area (Å²) in [6.07, 6.45) is 4.08. The molecule has 0 radical (unpaired) electrons. The molecular weight excluding hydrogens is 492 g/mol. The van der Waals surface area contributed by atoms with Crippen LogP contribution in [0.3, 0.4) is 0 Å². The van der Waals surface area contributed by atoms with Gasteiger partial charge in [0.05, 0.1) is 37.8 Å². The van der Waals surface area contributed by atoms with Crippen molar-refractivity contribution in [1.82, 2.24) is 19.4 Å². The molecule has 0 N–H and O–H groups in total. The number of carbonyl (C=O) groups excluding carboxylic acids is 1. The molecule has 8 nitrogen and oxygen atoms in total. The van der Waals surface area contributed by atoms with E-state index in [1.54, 1.807) is 7.11 Å². The third-order valence-electron chi connectivity index (χ3n) is 7.64. The molecule has 1 amide bonds. The number of hydrogen-bond donors (Lipinski definition) is 0. The van der Waals surface area contributed by atoms with Crippen LogP contribution < -0.4 is 9.47 Å². The van der Waals surface area contributed by atoms with Gasteiger partial charge in [0.15, 0.2) is 5.60 Å². The van der Waals surface area contributed by atoms with Crippen LogP contribution in [0.25, 0.3) is 0 Å². The lowest BCUT2D eigenvalue weighted by Gasteiger charge is -2.42. The van der Waals surface area contributed by atoms with Crippen LogP contribution in [-0.4, -0.2) is 70.3 Å². The summed E-state index contributed by atoms with van der Waals surface area (Å²) in [5.41, 5.74) is 2.18. The van der Waals surface area contributed by atoms with Gasteiger partial charge in [-0.3, -0.25) is 9.69 Å². The largest absolute Gasteiger partial charge is 0.497 e. The number of amides is 1.